The van der Waals surface area contributed by atoms with E-state index in [2.05, 4.69) is 10.3 Å². The highest BCUT2D eigenvalue weighted by molar-refractivity contribution is 6.41. The molecule has 20 heavy (non-hydrogen) atoms. The average molecular weight is 321 g/mol. The monoisotopic (exact) mass is 320 g/mol. The number of hydrogen-bond acceptors (Lipinski definition) is 2. The van der Waals surface area contributed by atoms with E-state index >= 15 is 0 Å². The Bertz CT molecular complexity index is 487. The first kappa shape index (κ1) is 16.9. The first-order valence-electron chi connectivity index (χ1n) is 6.15. The van der Waals surface area contributed by atoms with Crippen LogP contribution in [0.4, 0.5) is 0 Å². The molecule has 0 spiro atoms. The molecule has 0 aliphatic heterocycles. The fourth-order valence-corrected chi connectivity index (χ4v) is 2.23. The molecule has 1 rings (SSSR count). The normalized spacial score (nSPS) is 13.1. The topological polar surface area (TPSA) is 82.2 Å². The molecule has 0 radical (unpaired) electrons. The van der Waals surface area contributed by atoms with Crippen LogP contribution in [0.2, 0.25) is 10.2 Å². The Morgan fingerprint density at radius 3 is 2.40 bits per heavy atom. The van der Waals surface area contributed by atoms with Crippen LogP contribution in [-0.2, 0) is 4.79 Å². The van der Waals surface area contributed by atoms with Gasteiger partial charge in [0.1, 0.15) is 10.8 Å². The van der Waals surface area contributed by atoms with E-state index in [0.717, 1.165) is 0 Å². The molecule has 1 heterocycles. The Hall–Kier alpha value is -1.20. The van der Waals surface area contributed by atoms with E-state index in [1.807, 2.05) is 20.8 Å². The maximum atomic E-state index is 12.0. The molecule has 1 unspecified atom stereocenters. The van der Waals surface area contributed by atoms with E-state index in [9.17, 15) is 9.59 Å². The highest BCUT2D eigenvalue weighted by Gasteiger charge is 2.24. The van der Waals surface area contributed by atoms with Gasteiger partial charge < -0.3 is 15.4 Å². The van der Waals surface area contributed by atoms with Gasteiger partial charge in [-0.15, -0.1) is 0 Å². The van der Waals surface area contributed by atoms with Gasteiger partial charge in [-0.05, 0) is 17.9 Å². The summed E-state index contributed by atoms with van der Waals surface area (Å²) in [5, 5.41) is 12.0. The van der Waals surface area contributed by atoms with Crippen LogP contribution in [0.1, 0.15) is 44.1 Å². The predicted molar refractivity (Wildman–Crippen MR) is 78.4 cm³/mol. The van der Waals surface area contributed by atoms with Crippen LogP contribution in [0.5, 0.6) is 0 Å². The molecule has 112 valence electrons. The number of aromatic amines is 1. The van der Waals surface area contributed by atoms with Gasteiger partial charge in [-0.2, -0.15) is 0 Å². The third kappa shape index (κ3) is 5.43. The molecule has 1 aromatic rings. The maximum Gasteiger partial charge on any atom is 0.305 e. The van der Waals surface area contributed by atoms with E-state index in [-0.39, 0.29) is 27.7 Å². The largest absolute Gasteiger partial charge is 0.481 e. The number of H-pyrrole nitrogens is 1. The zero-order chi connectivity index (χ0) is 15.5. The molecule has 0 saturated heterocycles. The van der Waals surface area contributed by atoms with Crippen molar-refractivity contribution in [3.05, 3.63) is 21.9 Å². The quantitative estimate of drug-likeness (QED) is 0.778. The summed E-state index contributed by atoms with van der Waals surface area (Å²) in [5.74, 6) is -1.38. The summed E-state index contributed by atoms with van der Waals surface area (Å²) in [5.41, 5.74) is 0.114. The Morgan fingerprint density at radius 2 is 2.00 bits per heavy atom. The standard InChI is InChI=1S/C13H18Cl2N2O3/c1-13(2,3)6-7(4-10(18)19)16-12(20)9-5-8(14)11(15)17-9/h5,7,17H,4,6H2,1-3H3,(H,16,20)(H,18,19). The van der Waals surface area contributed by atoms with Crippen molar-refractivity contribution in [1.82, 2.24) is 10.3 Å². The fraction of sp³-hybridized carbons (Fsp3) is 0.538. The van der Waals surface area contributed by atoms with E-state index in [1.54, 1.807) is 0 Å². The number of aliphatic carboxylic acids is 1. The summed E-state index contributed by atoms with van der Waals surface area (Å²) in [6.45, 7) is 5.95. The lowest BCUT2D eigenvalue weighted by Gasteiger charge is -2.25. The molecule has 0 aliphatic rings. The number of amides is 1. The van der Waals surface area contributed by atoms with Crippen molar-refractivity contribution in [2.45, 2.75) is 39.7 Å². The molecule has 0 aromatic carbocycles. The number of rotatable bonds is 5. The molecule has 0 fully saturated rings. The third-order valence-corrected chi connectivity index (χ3v) is 3.28. The molecule has 0 saturated carbocycles. The number of carboxylic acids is 1. The highest BCUT2D eigenvalue weighted by Crippen LogP contribution is 2.24. The van der Waals surface area contributed by atoms with Crippen molar-refractivity contribution >= 4 is 35.1 Å². The SMILES string of the molecule is CC(C)(C)CC(CC(=O)O)NC(=O)c1cc(Cl)c(Cl)[nH]1. The number of carbonyl (C=O) groups is 2. The molecular formula is C13H18Cl2N2O3. The van der Waals surface area contributed by atoms with Crippen LogP contribution in [0, 0.1) is 5.41 Å². The first-order chi connectivity index (χ1) is 9.08. The molecule has 1 atom stereocenters. The van der Waals surface area contributed by atoms with Crippen molar-refractivity contribution in [3.63, 3.8) is 0 Å². The van der Waals surface area contributed by atoms with E-state index in [4.69, 9.17) is 28.3 Å². The Balaban J connectivity index is 2.78. The maximum absolute atomic E-state index is 12.0. The molecular weight excluding hydrogens is 303 g/mol. The summed E-state index contributed by atoms with van der Waals surface area (Å²) in [7, 11) is 0. The summed E-state index contributed by atoms with van der Waals surface area (Å²) in [4.78, 5) is 25.5. The van der Waals surface area contributed by atoms with E-state index in [1.165, 1.54) is 6.07 Å². The molecule has 1 aromatic heterocycles. The van der Waals surface area contributed by atoms with Gasteiger partial charge in [-0.3, -0.25) is 9.59 Å². The second-order valence-corrected chi connectivity index (χ2v) is 6.66. The second kappa shape index (κ2) is 6.50. The lowest BCUT2D eigenvalue weighted by atomic mass is 9.87. The number of carbonyl (C=O) groups excluding carboxylic acids is 1. The first-order valence-corrected chi connectivity index (χ1v) is 6.91. The van der Waals surface area contributed by atoms with Crippen LogP contribution in [0.25, 0.3) is 0 Å². The van der Waals surface area contributed by atoms with Gasteiger partial charge >= 0.3 is 5.97 Å². The fourth-order valence-electron chi connectivity index (χ4n) is 1.91. The number of aromatic nitrogens is 1. The van der Waals surface area contributed by atoms with Crippen LogP contribution >= 0.6 is 23.2 Å². The highest BCUT2D eigenvalue weighted by atomic mass is 35.5. The lowest BCUT2D eigenvalue weighted by molar-refractivity contribution is -0.137. The zero-order valence-electron chi connectivity index (χ0n) is 11.6. The van der Waals surface area contributed by atoms with E-state index < -0.39 is 17.9 Å². The van der Waals surface area contributed by atoms with E-state index in [0.29, 0.717) is 6.42 Å². The minimum Gasteiger partial charge on any atom is -0.481 e. The van der Waals surface area contributed by atoms with Crippen molar-refractivity contribution in [1.29, 1.82) is 0 Å². The van der Waals surface area contributed by atoms with Crippen molar-refractivity contribution in [2.24, 2.45) is 5.41 Å². The van der Waals surface area contributed by atoms with Crippen LogP contribution < -0.4 is 5.32 Å². The van der Waals surface area contributed by atoms with Gasteiger partial charge in [-0.25, -0.2) is 0 Å². The lowest BCUT2D eigenvalue weighted by Crippen LogP contribution is -2.39. The minimum absolute atomic E-state index is 0.0988. The predicted octanol–water partition coefficient (Wildman–Crippen LogP) is 3.33. The van der Waals surface area contributed by atoms with Crippen LogP contribution in [0.15, 0.2) is 6.07 Å². The van der Waals surface area contributed by atoms with Crippen LogP contribution in [0.3, 0.4) is 0 Å². The van der Waals surface area contributed by atoms with Gasteiger partial charge in [0.05, 0.1) is 11.4 Å². The minimum atomic E-state index is -0.956. The Kier molecular flexibility index (Phi) is 5.48. The summed E-state index contributed by atoms with van der Waals surface area (Å²) in [6.07, 6.45) is 0.415. The van der Waals surface area contributed by atoms with Crippen molar-refractivity contribution < 1.29 is 14.7 Å². The van der Waals surface area contributed by atoms with Crippen LogP contribution in [-0.4, -0.2) is 28.0 Å². The van der Waals surface area contributed by atoms with Gasteiger partial charge in [0.15, 0.2) is 0 Å². The third-order valence-electron chi connectivity index (χ3n) is 2.58. The van der Waals surface area contributed by atoms with Gasteiger partial charge in [0.2, 0.25) is 0 Å². The molecule has 3 N–H and O–H groups in total. The molecule has 7 heteroatoms. The molecule has 5 nitrogen and oxygen atoms in total. The summed E-state index contributed by atoms with van der Waals surface area (Å²) >= 11 is 11.5. The summed E-state index contributed by atoms with van der Waals surface area (Å²) < 4.78 is 0. The second-order valence-electron chi connectivity index (χ2n) is 5.88. The van der Waals surface area contributed by atoms with Gasteiger partial charge in [-0.1, -0.05) is 44.0 Å². The molecule has 0 bridgehead atoms. The zero-order valence-corrected chi connectivity index (χ0v) is 13.1. The molecule has 0 aliphatic carbocycles. The van der Waals surface area contributed by atoms with Gasteiger partial charge in [0, 0.05) is 6.04 Å². The average Bonchev–Trinajstić information content (AvgIpc) is 2.55. The van der Waals surface area contributed by atoms with Crippen molar-refractivity contribution in [2.75, 3.05) is 0 Å². The van der Waals surface area contributed by atoms with Crippen molar-refractivity contribution in [3.8, 4) is 0 Å². The Morgan fingerprint density at radius 1 is 1.40 bits per heavy atom. The number of nitrogens with one attached hydrogen (secondary N) is 2. The molecule has 1 amide bonds. The smallest absolute Gasteiger partial charge is 0.305 e. The number of hydrogen-bond donors (Lipinski definition) is 3. The number of carboxylic acid groups (broad SMARTS) is 1. The number of halogens is 2. The summed E-state index contributed by atoms with van der Waals surface area (Å²) in [6, 6.07) is 0.953. The Labute approximate surface area is 127 Å². The van der Waals surface area contributed by atoms with Gasteiger partial charge in [0.25, 0.3) is 5.91 Å².